The molecule has 2 heterocycles. The van der Waals surface area contributed by atoms with E-state index >= 15 is 0 Å². The van der Waals surface area contributed by atoms with Crippen molar-refractivity contribution in [1.29, 1.82) is 0 Å². The van der Waals surface area contributed by atoms with Crippen molar-refractivity contribution < 1.29 is 4.79 Å². The van der Waals surface area contributed by atoms with Gasteiger partial charge in [-0.15, -0.1) is 0 Å². The molecule has 0 aliphatic carbocycles. The number of amides is 1. The lowest BCUT2D eigenvalue weighted by Gasteiger charge is -2.32. The predicted molar refractivity (Wildman–Crippen MR) is 127 cm³/mol. The molecule has 3 aromatic rings. The van der Waals surface area contributed by atoms with Gasteiger partial charge in [-0.25, -0.2) is 0 Å². The number of aromatic nitrogens is 1. The number of pyridine rings is 1. The van der Waals surface area contributed by atoms with Gasteiger partial charge in [-0.2, -0.15) is 0 Å². The van der Waals surface area contributed by atoms with E-state index in [-0.39, 0.29) is 11.9 Å². The number of hydrogen-bond acceptors (Lipinski definition) is 3. The summed E-state index contributed by atoms with van der Waals surface area (Å²) in [6.45, 7) is 3.53. The molecular formula is C27H29N3O. The van der Waals surface area contributed by atoms with Crippen LogP contribution in [0.4, 0.5) is 0 Å². The van der Waals surface area contributed by atoms with Gasteiger partial charge in [-0.3, -0.25) is 9.78 Å². The summed E-state index contributed by atoms with van der Waals surface area (Å²) in [6, 6.07) is 20.6. The SMILES string of the molecule is CC(N)c1cccc(C2CCN(C(=O)c3cncc(C=Cc4ccccc4)c3)CC2)c1. The standard InChI is InChI=1S/C27H29N3O/c1-20(28)24-8-5-9-25(17-24)23-12-14-30(15-13-23)27(31)26-16-22(18-29-19-26)11-10-21-6-3-2-4-7-21/h2-11,16-20,23H,12-15,28H2,1H3. The highest BCUT2D eigenvalue weighted by atomic mass is 16.2. The van der Waals surface area contributed by atoms with Gasteiger partial charge >= 0.3 is 0 Å². The molecule has 1 amide bonds. The maximum absolute atomic E-state index is 13.1. The molecule has 1 saturated heterocycles. The van der Waals surface area contributed by atoms with Crippen LogP contribution in [0, 0.1) is 0 Å². The number of nitrogens with two attached hydrogens (primary N) is 1. The van der Waals surface area contributed by atoms with Crippen LogP contribution in [0.15, 0.2) is 73.1 Å². The molecule has 4 heteroatoms. The van der Waals surface area contributed by atoms with E-state index in [0.717, 1.165) is 37.1 Å². The molecule has 0 radical (unpaired) electrons. The van der Waals surface area contributed by atoms with E-state index in [0.29, 0.717) is 11.5 Å². The Labute approximate surface area is 184 Å². The van der Waals surface area contributed by atoms with Crippen LogP contribution in [-0.2, 0) is 0 Å². The summed E-state index contributed by atoms with van der Waals surface area (Å²) in [5.41, 5.74) is 11.2. The van der Waals surface area contributed by atoms with Crippen molar-refractivity contribution in [3.8, 4) is 0 Å². The van der Waals surface area contributed by atoms with Crippen molar-refractivity contribution in [3.63, 3.8) is 0 Å². The lowest BCUT2D eigenvalue weighted by Crippen LogP contribution is -2.38. The average molecular weight is 412 g/mol. The fourth-order valence-electron chi connectivity index (χ4n) is 4.12. The highest BCUT2D eigenvalue weighted by Crippen LogP contribution is 2.30. The van der Waals surface area contributed by atoms with Crippen LogP contribution in [0.5, 0.6) is 0 Å². The van der Waals surface area contributed by atoms with E-state index in [4.69, 9.17) is 5.73 Å². The van der Waals surface area contributed by atoms with Crippen LogP contribution in [0.25, 0.3) is 12.2 Å². The Bertz CT molecular complexity index is 1050. The molecule has 0 bridgehead atoms. The monoisotopic (exact) mass is 411 g/mol. The molecule has 2 aromatic carbocycles. The molecule has 1 aliphatic heterocycles. The number of piperidine rings is 1. The first kappa shape index (κ1) is 21.0. The number of likely N-dealkylation sites (tertiary alicyclic amines) is 1. The second-order valence-corrected chi connectivity index (χ2v) is 8.28. The Morgan fingerprint density at radius 1 is 1.00 bits per heavy atom. The molecule has 1 aliphatic rings. The van der Waals surface area contributed by atoms with Gasteiger partial charge in [-0.1, -0.05) is 66.7 Å². The third-order valence-electron chi connectivity index (χ3n) is 5.96. The molecule has 2 N–H and O–H groups in total. The van der Waals surface area contributed by atoms with Crippen molar-refractivity contribution in [1.82, 2.24) is 9.88 Å². The summed E-state index contributed by atoms with van der Waals surface area (Å²) < 4.78 is 0. The zero-order valence-electron chi connectivity index (χ0n) is 17.9. The van der Waals surface area contributed by atoms with Crippen molar-refractivity contribution in [3.05, 3.63) is 101 Å². The minimum atomic E-state index is 0.0392. The maximum Gasteiger partial charge on any atom is 0.255 e. The average Bonchev–Trinajstić information content (AvgIpc) is 2.83. The fourth-order valence-corrected chi connectivity index (χ4v) is 4.12. The number of nitrogens with zero attached hydrogens (tertiary/aromatic N) is 2. The zero-order chi connectivity index (χ0) is 21.6. The van der Waals surface area contributed by atoms with Gasteiger partial charge in [0, 0.05) is 31.5 Å². The summed E-state index contributed by atoms with van der Waals surface area (Å²) in [5, 5.41) is 0. The summed E-state index contributed by atoms with van der Waals surface area (Å²) in [7, 11) is 0. The molecule has 1 fully saturated rings. The number of carbonyl (C=O) groups excluding carboxylic acids is 1. The first-order valence-corrected chi connectivity index (χ1v) is 10.9. The van der Waals surface area contributed by atoms with E-state index in [1.807, 2.05) is 60.4 Å². The van der Waals surface area contributed by atoms with Gasteiger partial charge in [-0.05, 0) is 54.0 Å². The minimum Gasteiger partial charge on any atom is -0.339 e. The number of hydrogen-bond donors (Lipinski definition) is 1. The molecule has 0 spiro atoms. The number of benzene rings is 2. The minimum absolute atomic E-state index is 0.0392. The van der Waals surface area contributed by atoms with E-state index in [1.165, 1.54) is 11.1 Å². The van der Waals surface area contributed by atoms with Crippen molar-refractivity contribution >= 4 is 18.1 Å². The van der Waals surface area contributed by atoms with Gasteiger partial charge in [0.15, 0.2) is 0 Å². The quantitative estimate of drug-likeness (QED) is 0.620. The van der Waals surface area contributed by atoms with Crippen LogP contribution in [0.2, 0.25) is 0 Å². The zero-order valence-corrected chi connectivity index (χ0v) is 17.9. The molecule has 0 saturated carbocycles. The third-order valence-corrected chi connectivity index (χ3v) is 5.96. The van der Waals surface area contributed by atoms with Crippen molar-refractivity contribution in [2.75, 3.05) is 13.1 Å². The van der Waals surface area contributed by atoms with Crippen LogP contribution in [-0.4, -0.2) is 28.9 Å². The predicted octanol–water partition coefficient (Wildman–Crippen LogP) is 5.29. The molecular weight excluding hydrogens is 382 g/mol. The molecule has 1 unspecified atom stereocenters. The summed E-state index contributed by atoms with van der Waals surface area (Å²) in [4.78, 5) is 19.3. The van der Waals surface area contributed by atoms with Crippen molar-refractivity contribution in [2.24, 2.45) is 5.73 Å². The van der Waals surface area contributed by atoms with Gasteiger partial charge in [0.1, 0.15) is 0 Å². The smallest absolute Gasteiger partial charge is 0.255 e. The molecule has 4 rings (SSSR count). The highest BCUT2D eigenvalue weighted by molar-refractivity contribution is 5.94. The summed E-state index contributed by atoms with van der Waals surface area (Å²) in [6.07, 6.45) is 9.42. The number of rotatable bonds is 5. The first-order chi connectivity index (χ1) is 15.1. The second kappa shape index (κ2) is 9.71. The highest BCUT2D eigenvalue weighted by Gasteiger charge is 2.25. The maximum atomic E-state index is 13.1. The molecule has 31 heavy (non-hydrogen) atoms. The molecule has 1 atom stereocenters. The van der Waals surface area contributed by atoms with Gasteiger partial charge < -0.3 is 10.6 Å². The largest absolute Gasteiger partial charge is 0.339 e. The van der Waals surface area contributed by atoms with Crippen LogP contribution < -0.4 is 5.73 Å². The lowest BCUT2D eigenvalue weighted by molar-refractivity contribution is 0.0712. The van der Waals surface area contributed by atoms with E-state index in [9.17, 15) is 4.79 Å². The number of carbonyl (C=O) groups is 1. The first-order valence-electron chi connectivity index (χ1n) is 10.9. The third kappa shape index (κ3) is 5.28. The van der Waals surface area contributed by atoms with Gasteiger partial charge in [0.25, 0.3) is 5.91 Å². The normalized spacial score (nSPS) is 15.9. The Morgan fingerprint density at radius 3 is 2.48 bits per heavy atom. The molecule has 4 nitrogen and oxygen atoms in total. The Balaban J connectivity index is 1.40. The van der Waals surface area contributed by atoms with Crippen LogP contribution >= 0.6 is 0 Å². The summed E-state index contributed by atoms with van der Waals surface area (Å²) in [5.74, 6) is 0.534. The fraction of sp³-hybridized carbons (Fsp3) is 0.259. The molecule has 158 valence electrons. The summed E-state index contributed by atoms with van der Waals surface area (Å²) >= 11 is 0. The van der Waals surface area contributed by atoms with E-state index in [2.05, 4.69) is 29.2 Å². The van der Waals surface area contributed by atoms with E-state index < -0.39 is 0 Å². The van der Waals surface area contributed by atoms with Crippen molar-refractivity contribution in [2.45, 2.75) is 31.7 Å². The topological polar surface area (TPSA) is 59.2 Å². The lowest BCUT2D eigenvalue weighted by atomic mass is 9.88. The van der Waals surface area contributed by atoms with Crippen LogP contribution in [0.3, 0.4) is 0 Å². The van der Waals surface area contributed by atoms with Gasteiger partial charge in [0.2, 0.25) is 0 Å². The Hall–Kier alpha value is -3.24. The van der Waals surface area contributed by atoms with Crippen LogP contribution in [0.1, 0.15) is 64.3 Å². The second-order valence-electron chi connectivity index (χ2n) is 8.28. The Morgan fingerprint density at radius 2 is 1.74 bits per heavy atom. The van der Waals surface area contributed by atoms with E-state index in [1.54, 1.807) is 12.4 Å². The molecule has 1 aromatic heterocycles. The van der Waals surface area contributed by atoms with Gasteiger partial charge in [0.05, 0.1) is 5.56 Å². The Kier molecular flexibility index (Phi) is 6.58.